The Balaban J connectivity index is 0.00000338. The fraction of sp³-hybridized carbons (Fsp3) is 0.238. The van der Waals surface area contributed by atoms with Gasteiger partial charge in [0.05, 0.1) is 7.11 Å². The quantitative estimate of drug-likeness (QED) is 0.340. The van der Waals surface area contributed by atoms with Crippen LogP contribution in [0.5, 0.6) is 5.75 Å². The Labute approximate surface area is 167 Å². The van der Waals surface area contributed by atoms with Crippen molar-refractivity contribution in [2.75, 3.05) is 7.11 Å². The molecular formula is C21H23LiN2O2. The SMILES string of the molecule is COc1cccc(C(=[N-])C/C(=C/C(=O)c2ccccc2)NC(C)C)c1.[Li+]. The number of hydrogen-bond donors (Lipinski definition) is 1. The summed E-state index contributed by atoms with van der Waals surface area (Å²) in [6.07, 6.45) is 1.79. The van der Waals surface area contributed by atoms with E-state index in [2.05, 4.69) is 5.32 Å². The van der Waals surface area contributed by atoms with Gasteiger partial charge in [-0.25, -0.2) is 0 Å². The summed E-state index contributed by atoms with van der Waals surface area (Å²) in [5.74, 6) is 0.578. The van der Waals surface area contributed by atoms with Gasteiger partial charge in [0.1, 0.15) is 5.75 Å². The minimum absolute atomic E-state index is 0. The first-order chi connectivity index (χ1) is 12.0. The Bertz CT molecular complexity index is 771. The van der Waals surface area contributed by atoms with Crippen LogP contribution in [0.4, 0.5) is 0 Å². The van der Waals surface area contributed by atoms with Crippen LogP contribution in [-0.2, 0) is 0 Å². The van der Waals surface area contributed by atoms with Gasteiger partial charge in [0.15, 0.2) is 5.78 Å². The molecule has 0 radical (unpaired) electrons. The summed E-state index contributed by atoms with van der Waals surface area (Å²) in [6, 6.07) is 16.4. The second-order valence-corrected chi connectivity index (χ2v) is 6.05. The van der Waals surface area contributed by atoms with Gasteiger partial charge >= 0.3 is 18.9 Å². The van der Waals surface area contributed by atoms with E-state index in [9.17, 15) is 10.2 Å². The number of rotatable bonds is 8. The van der Waals surface area contributed by atoms with E-state index in [-0.39, 0.29) is 42.8 Å². The molecule has 0 aliphatic heterocycles. The van der Waals surface area contributed by atoms with Gasteiger partial charge in [0.25, 0.3) is 0 Å². The molecule has 26 heavy (non-hydrogen) atoms. The summed E-state index contributed by atoms with van der Waals surface area (Å²) in [7, 11) is 1.58. The molecule has 0 aliphatic rings. The van der Waals surface area contributed by atoms with Crippen LogP contribution in [-0.4, -0.2) is 24.6 Å². The van der Waals surface area contributed by atoms with E-state index in [4.69, 9.17) is 4.74 Å². The van der Waals surface area contributed by atoms with Crippen molar-refractivity contribution in [2.24, 2.45) is 0 Å². The van der Waals surface area contributed by atoms with E-state index in [1.807, 2.05) is 50.2 Å². The average Bonchev–Trinajstić information content (AvgIpc) is 2.61. The monoisotopic (exact) mass is 342 g/mol. The molecule has 0 saturated heterocycles. The molecule has 1 N–H and O–H groups in total. The predicted molar refractivity (Wildman–Crippen MR) is 102 cm³/mol. The second kappa shape index (κ2) is 10.7. The van der Waals surface area contributed by atoms with Crippen LogP contribution in [0.3, 0.4) is 0 Å². The fourth-order valence-electron chi connectivity index (χ4n) is 2.44. The van der Waals surface area contributed by atoms with Crippen LogP contribution in [0.15, 0.2) is 66.4 Å². The molecular weight excluding hydrogens is 319 g/mol. The molecule has 0 aliphatic carbocycles. The third-order valence-electron chi connectivity index (χ3n) is 3.60. The largest absolute Gasteiger partial charge is 1.00 e. The number of benzene rings is 2. The maximum absolute atomic E-state index is 12.4. The van der Waals surface area contributed by atoms with Crippen molar-refractivity contribution in [1.82, 2.24) is 5.32 Å². The van der Waals surface area contributed by atoms with Gasteiger partial charge in [-0.05, 0) is 38.0 Å². The summed E-state index contributed by atoms with van der Waals surface area (Å²) in [6.45, 7) is 3.98. The number of hydrogen-bond acceptors (Lipinski definition) is 3. The first kappa shape index (κ1) is 21.8. The number of ether oxygens (including phenoxy) is 1. The van der Waals surface area contributed by atoms with Crippen molar-refractivity contribution < 1.29 is 28.4 Å². The smallest absolute Gasteiger partial charge is 0.807 e. The van der Waals surface area contributed by atoms with E-state index in [0.717, 1.165) is 0 Å². The molecule has 0 saturated carbocycles. The van der Waals surface area contributed by atoms with Gasteiger partial charge in [0, 0.05) is 23.4 Å². The van der Waals surface area contributed by atoms with Crippen molar-refractivity contribution in [3.05, 3.63) is 82.9 Å². The van der Waals surface area contributed by atoms with Gasteiger partial charge < -0.3 is 15.5 Å². The van der Waals surface area contributed by atoms with Gasteiger partial charge in [-0.15, -0.1) is 0 Å². The summed E-state index contributed by atoms with van der Waals surface area (Å²) >= 11 is 0. The van der Waals surface area contributed by atoms with Crippen LogP contribution < -0.4 is 28.9 Å². The van der Waals surface area contributed by atoms with Crippen molar-refractivity contribution in [3.63, 3.8) is 0 Å². The van der Waals surface area contributed by atoms with Crippen molar-refractivity contribution in [3.8, 4) is 5.75 Å². The van der Waals surface area contributed by atoms with Crippen molar-refractivity contribution >= 4 is 11.5 Å². The maximum Gasteiger partial charge on any atom is 1.00 e. The van der Waals surface area contributed by atoms with E-state index in [1.54, 1.807) is 31.4 Å². The maximum atomic E-state index is 12.4. The number of nitrogens with zero attached hydrogens (tertiary/aromatic N) is 1. The molecule has 5 heteroatoms. The third-order valence-corrected chi connectivity index (χ3v) is 3.60. The first-order valence-corrected chi connectivity index (χ1v) is 8.25. The van der Waals surface area contributed by atoms with Crippen LogP contribution >= 0.6 is 0 Å². The van der Waals surface area contributed by atoms with Crippen LogP contribution in [0.25, 0.3) is 5.41 Å². The van der Waals surface area contributed by atoms with Gasteiger partial charge in [0.2, 0.25) is 0 Å². The van der Waals surface area contributed by atoms with Gasteiger partial charge in [-0.2, -0.15) is 5.71 Å². The number of allylic oxidation sites excluding steroid dienone is 2. The average molecular weight is 342 g/mol. The Hall–Kier alpha value is -2.28. The predicted octanol–water partition coefficient (Wildman–Crippen LogP) is 1.21. The minimum atomic E-state index is -0.0952. The Kier molecular flexibility index (Phi) is 8.91. The Morgan fingerprint density at radius 1 is 1.12 bits per heavy atom. The number of methoxy groups -OCH3 is 1. The fourth-order valence-corrected chi connectivity index (χ4v) is 2.44. The molecule has 130 valence electrons. The van der Waals surface area contributed by atoms with Gasteiger partial charge in [-0.1, -0.05) is 42.5 Å². The third kappa shape index (κ3) is 6.55. The van der Waals surface area contributed by atoms with Crippen molar-refractivity contribution in [2.45, 2.75) is 26.3 Å². The molecule has 0 bridgehead atoms. The summed E-state index contributed by atoms with van der Waals surface area (Å²) < 4.78 is 5.19. The van der Waals surface area contributed by atoms with E-state index in [0.29, 0.717) is 22.6 Å². The van der Waals surface area contributed by atoms with Crippen molar-refractivity contribution in [1.29, 1.82) is 0 Å². The molecule has 0 fully saturated rings. The molecule has 0 unspecified atom stereocenters. The number of nitrogens with one attached hydrogen (secondary N) is 1. The zero-order valence-corrected chi connectivity index (χ0v) is 15.8. The summed E-state index contributed by atoms with van der Waals surface area (Å²) in [4.78, 5) is 12.4. The molecule has 4 nitrogen and oxygen atoms in total. The Morgan fingerprint density at radius 2 is 1.77 bits per heavy atom. The first-order valence-electron chi connectivity index (χ1n) is 8.25. The van der Waals surface area contributed by atoms with E-state index in [1.165, 1.54) is 0 Å². The van der Waals surface area contributed by atoms with E-state index < -0.39 is 0 Å². The molecule has 0 atom stereocenters. The molecule has 0 heterocycles. The molecule has 2 rings (SSSR count). The van der Waals surface area contributed by atoms with Crippen LogP contribution in [0.1, 0.15) is 36.2 Å². The number of carbonyl (C=O) groups is 1. The molecule has 0 spiro atoms. The second-order valence-electron chi connectivity index (χ2n) is 6.05. The molecule has 2 aromatic carbocycles. The zero-order valence-electron chi connectivity index (χ0n) is 15.8. The van der Waals surface area contributed by atoms with Crippen LogP contribution in [0.2, 0.25) is 0 Å². The summed E-state index contributed by atoms with van der Waals surface area (Å²) in [5.41, 5.74) is 2.14. The molecule has 0 amide bonds. The summed E-state index contributed by atoms with van der Waals surface area (Å²) in [5, 5.41) is 13.7. The van der Waals surface area contributed by atoms with E-state index >= 15 is 0 Å². The number of ketones is 1. The Morgan fingerprint density at radius 3 is 2.38 bits per heavy atom. The van der Waals surface area contributed by atoms with Gasteiger partial charge in [-0.3, -0.25) is 4.79 Å². The standard InChI is InChI=1S/C21H23N2O2.Li/c1-15(2)23-18(14-21(24)16-8-5-4-6-9-16)13-20(22)17-10-7-11-19(12-17)25-3;/h4-12,14-15,23H,13H2,1-3H3;/q-1;+1/b18-14-;. The zero-order chi connectivity index (χ0) is 18.2. The minimum Gasteiger partial charge on any atom is -0.807 e. The molecule has 0 aromatic heterocycles. The number of carbonyl (C=O) groups excluding carboxylic acids is 1. The normalized spacial score (nSPS) is 10.8. The van der Waals surface area contributed by atoms with Crippen LogP contribution in [0, 0.1) is 0 Å². The topological polar surface area (TPSA) is 60.6 Å². The molecule has 2 aromatic rings.